The predicted octanol–water partition coefficient (Wildman–Crippen LogP) is 3.23. The Kier molecular flexibility index (Phi) is 7.38. The zero-order valence-corrected chi connectivity index (χ0v) is 18.3. The highest BCUT2D eigenvalue weighted by Crippen LogP contribution is 2.45. The van der Waals surface area contributed by atoms with Crippen LogP contribution in [0.25, 0.3) is 0 Å². The molecule has 0 saturated carbocycles. The van der Waals surface area contributed by atoms with E-state index in [1.54, 1.807) is 38.1 Å². The maximum absolute atomic E-state index is 13.6. The van der Waals surface area contributed by atoms with E-state index in [-0.39, 0.29) is 30.8 Å². The smallest absolute Gasteiger partial charge is 0.323 e. The molecule has 1 aliphatic heterocycles. The number of hydrogen-bond acceptors (Lipinski definition) is 6. The first-order chi connectivity index (χ1) is 14.9. The Morgan fingerprint density at radius 2 is 1.55 bits per heavy atom. The Morgan fingerprint density at radius 3 is 2.10 bits per heavy atom. The predicted molar refractivity (Wildman–Crippen MR) is 115 cm³/mol. The molecule has 0 spiro atoms. The molecule has 0 aliphatic carbocycles. The van der Waals surface area contributed by atoms with Crippen LogP contribution >= 0.6 is 7.52 Å². The Balaban J connectivity index is 1.84. The molecule has 2 atom stereocenters. The first-order valence-electron chi connectivity index (χ1n) is 10.1. The molecule has 1 heterocycles. The minimum atomic E-state index is -3.81. The molecule has 0 saturated heterocycles. The van der Waals surface area contributed by atoms with Crippen LogP contribution in [0.2, 0.25) is 0 Å². The molecule has 2 aromatic carbocycles. The Hall–Kier alpha value is -2.80. The van der Waals surface area contributed by atoms with Crippen LogP contribution in [0.1, 0.15) is 40.1 Å². The van der Waals surface area contributed by atoms with Gasteiger partial charge in [0.1, 0.15) is 12.3 Å². The SMILES string of the molecule is CCOC(=O)C(Cc1ccccc1)NP(=O)(CN1C(=O)c2ccccc2C1=O)OCC. The third-order valence-electron chi connectivity index (χ3n) is 4.75. The van der Waals surface area contributed by atoms with Gasteiger partial charge in [-0.25, -0.2) is 5.09 Å². The molecule has 2 amide bonds. The fraction of sp³-hybridized carbons (Fsp3) is 0.318. The lowest BCUT2D eigenvalue weighted by Gasteiger charge is -2.27. The molecule has 8 nitrogen and oxygen atoms in total. The molecular formula is C22H25N2O6P. The third kappa shape index (κ3) is 5.28. The van der Waals surface area contributed by atoms with Gasteiger partial charge in [0.2, 0.25) is 0 Å². The van der Waals surface area contributed by atoms with E-state index in [1.807, 2.05) is 30.3 Å². The average molecular weight is 444 g/mol. The zero-order valence-electron chi connectivity index (χ0n) is 17.4. The summed E-state index contributed by atoms with van der Waals surface area (Å²) in [6.45, 7) is 3.54. The number of rotatable bonds is 10. The van der Waals surface area contributed by atoms with E-state index in [1.165, 1.54) is 0 Å². The van der Waals surface area contributed by atoms with Crippen molar-refractivity contribution in [3.8, 4) is 0 Å². The summed E-state index contributed by atoms with van der Waals surface area (Å²) in [4.78, 5) is 38.9. The second-order valence-corrected chi connectivity index (χ2v) is 9.09. The highest BCUT2D eigenvalue weighted by molar-refractivity contribution is 7.56. The summed E-state index contributed by atoms with van der Waals surface area (Å²) in [7, 11) is -3.81. The molecule has 2 aromatic rings. The molecule has 0 radical (unpaired) electrons. The number of hydrogen-bond donors (Lipinski definition) is 1. The van der Waals surface area contributed by atoms with E-state index >= 15 is 0 Å². The lowest BCUT2D eigenvalue weighted by atomic mass is 10.1. The van der Waals surface area contributed by atoms with Crippen molar-refractivity contribution in [3.63, 3.8) is 0 Å². The lowest BCUT2D eigenvalue weighted by Crippen LogP contribution is -2.42. The lowest BCUT2D eigenvalue weighted by molar-refractivity contribution is -0.145. The second kappa shape index (κ2) is 10.0. The third-order valence-corrected chi connectivity index (χ3v) is 6.79. The topological polar surface area (TPSA) is 102 Å². The number of amides is 2. The van der Waals surface area contributed by atoms with Crippen molar-refractivity contribution in [1.29, 1.82) is 0 Å². The van der Waals surface area contributed by atoms with Crippen LogP contribution < -0.4 is 5.09 Å². The maximum Gasteiger partial charge on any atom is 0.323 e. The summed E-state index contributed by atoms with van der Waals surface area (Å²) >= 11 is 0. The van der Waals surface area contributed by atoms with Crippen molar-refractivity contribution in [2.24, 2.45) is 0 Å². The number of ether oxygens (including phenoxy) is 1. The van der Waals surface area contributed by atoms with Gasteiger partial charge >= 0.3 is 5.97 Å². The maximum atomic E-state index is 13.6. The molecule has 0 bridgehead atoms. The molecule has 2 unspecified atom stereocenters. The Labute approximate surface area is 181 Å². The minimum absolute atomic E-state index is 0.0638. The monoisotopic (exact) mass is 444 g/mol. The highest BCUT2D eigenvalue weighted by Gasteiger charge is 2.41. The zero-order chi connectivity index (χ0) is 22.4. The van der Waals surface area contributed by atoms with Crippen LogP contribution in [-0.2, 0) is 25.0 Å². The summed E-state index contributed by atoms with van der Waals surface area (Å²) < 4.78 is 24.2. The van der Waals surface area contributed by atoms with Crippen LogP contribution in [0.15, 0.2) is 54.6 Å². The molecule has 3 rings (SSSR count). The van der Waals surface area contributed by atoms with Gasteiger partial charge in [-0.05, 0) is 38.0 Å². The number of nitrogens with one attached hydrogen (secondary N) is 1. The van der Waals surface area contributed by atoms with E-state index in [2.05, 4.69) is 5.09 Å². The van der Waals surface area contributed by atoms with Crippen molar-refractivity contribution >= 4 is 25.3 Å². The molecule has 31 heavy (non-hydrogen) atoms. The molecule has 9 heteroatoms. The van der Waals surface area contributed by atoms with Gasteiger partial charge in [0.25, 0.3) is 19.3 Å². The molecule has 1 N–H and O–H groups in total. The van der Waals surface area contributed by atoms with Gasteiger partial charge in [-0.1, -0.05) is 42.5 Å². The van der Waals surface area contributed by atoms with Crippen LogP contribution in [0.5, 0.6) is 0 Å². The van der Waals surface area contributed by atoms with E-state index < -0.39 is 37.6 Å². The molecule has 164 valence electrons. The summed E-state index contributed by atoms with van der Waals surface area (Å²) in [5, 5.41) is 2.77. The molecule has 0 fully saturated rings. The van der Waals surface area contributed by atoms with Crippen LogP contribution in [0.4, 0.5) is 0 Å². The van der Waals surface area contributed by atoms with E-state index in [0.717, 1.165) is 10.5 Å². The van der Waals surface area contributed by atoms with Gasteiger partial charge in [-0.15, -0.1) is 0 Å². The number of imide groups is 1. The number of carbonyl (C=O) groups excluding carboxylic acids is 3. The van der Waals surface area contributed by atoms with E-state index in [9.17, 15) is 18.9 Å². The fourth-order valence-corrected chi connectivity index (χ4v) is 5.35. The Morgan fingerprint density at radius 1 is 0.968 bits per heavy atom. The fourth-order valence-electron chi connectivity index (χ4n) is 3.39. The summed E-state index contributed by atoms with van der Waals surface area (Å²) in [6.07, 6.45) is -0.281. The molecule has 1 aliphatic rings. The quantitative estimate of drug-likeness (QED) is 0.341. The summed E-state index contributed by atoms with van der Waals surface area (Å²) in [5.41, 5.74) is 1.33. The van der Waals surface area contributed by atoms with Crippen LogP contribution in [0, 0.1) is 0 Å². The van der Waals surface area contributed by atoms with Gasteiger partial charge in [0.05, 0.1) is 24.3 Å². The van der Waals surface area contributed by atoms with Crippen molar-refractivity contribution in [2.75, 3.05) is 19.5 Å². The number of fused-ring (bicyclic) bond motifs is 1. The summed E-state index contributed by atoms with van der Waals surface area (Å²) in [6, 6.07) is 14.6. The summed E-state index contributed by atoms with van der Waals surface area (Å²) in [5.74, 6) is -1.68. The Bertz CT molecular complexity index is 975. The number of esters is 1. The molecule has 0 aromatic heterocycles. The van der Waals surface area contributed by atoms with Gasteiger partial charge in [-0.3, -0.25) is 23.8 Å². The first-order valence-corrected chi connectivity index (χ1v) is 11.9. The van der Waals surface area contributed by atoms with E-state index in [4.69, 9.17) is 9.26 Å². The minimum Gasteiger partial charge on any atom is -0.465 e. The number of carbonyl (C=O) groups is 3. The van der Waals surface area contributed by atoms with Crippen molar-refractivity contribution < 1.29 is 28.2 Å². The van der Waals surface area contributed by atoms with Gasteiger partial charge in [0, 0.05) is 0 Å². The average Bonchev–Trinajstić information content (AvgIpc) is 2.99. The normalized spacial score (nSPS) is 16.0. The standard InChI is InChI=1S/C22H25N2O6P/c1-3-29-22(27)19(14-16-10-6-5-7-11-16)23-31(28,30-4-2)15-24-20(25)17-12-8-9-13-18(17)21(24)26/h5-13,19H,3-4,14-15H2,1-2H3,(H,23,28). The van der Waals surface area contributed by atoms with E-state index in [0.29, 0.717) is 0 Å². The number of benzene rings is 2. The first kappa shape index (κ1) is 22.9. The van der Waals surface area contributed by atoms with Crippen LogP contribution in [0.3, 0.4) is 0 Å². The van der Waals surface area contributed by atoms with Crippen LogP contribution in [-0.4, -0.2) is 48.2 Å². The van der Waals surface area contributed by atoms with Gasteiger partial charge in [-0.2, -0.15) is 0 Å². The second-order valence-electron chi connectivity index (χ2n) is 6.94. The van der Waals surface area contributed by atoms with Crippen molar-refractivity contribution in [3.05, 3.63) is 71.3 Å². The highest BCUT2D eigenvalue weighted by atomic mass is 31.2. The van der Waals surface area contributed by atoms with Gasteiger partial charge < -0.3 is 9.26 Å². The van der Waals surface area contributed by atoms with Gasteiger partial charge in [0.15, 0.2) is 0 Å². The largest absolute Gasteiger partial charge is 0.465 e. The van der Waals surface area contributed by atoms with Crippen molar-refractivity contribution in [1.82, 2.24) is 9.99 Å². The molecular weight excluding hydrogens is 419 g/mol. The van der Waals surface area contributed by atoms with Crippen molar-refractivity contribution in [2.45, 2.75) is 26.3 Å². The number of nitrogens with zero attached hydrogens (tertiary/aromatic N) is 1.